The Hall–Kier alpha value is -5.45. The summed E-state index contributed by atoms with van der Waals surface area (Å²) in [4.78, 5) is 54.6. The molecule has 4 aromatic rings. The Morgan fingerprint density at radius 2 is 1.64 bits per heavy atom. The molecular weight excluding hydrogens is 603 g/mol. The van der Waals surface area contributed by atoms with Gasteiger partial charge in [0.2, 0.25) is 6.41 Å². The number of hydrogen-bond donors (Lipinski definition) is 2. The molecule has 1 aromatic heterocycles. The number of carbonyl (C=O) groups is 3. The average Bonchev–Trinajstić information content (AvgIpc) is 3.09. The minimum absolute atomic E-state index is 0.00721. The van der Waals surface area contributed by atoms with E-state index in [4.69, 9.17) is 4.74 Å². The number of aromatic nitrogens is 1. The number of hydrogen-bond acceptors (Lipinski definition) is 6. The lowest BCUT2D eigenvalue weighted by Crippen LogP contribution is -2.34. The van der Waals surface area contributed by atoms with Gasteiger partial charge >= 0.3 is 5.97 Å². The van der Waals surface area contributed by atoms with E-state index < -0.39 is 23.3 Å². The van der Waals surface area contributed by atoms with Crippen LogP contribution in [-0.2, 0) is 18.4 Å². The quantitative estimate of drug-likeness (QED) is 0.175. The van der Waals surface area contributed by atoms with Gasteiger partial charge in [0.25, 0.3) is 11.5 Å². The van der Waals surface area contributed by atoms with Crippen LogP contribution in [0.25, 0.3) is 0 Å². The van der Waals surface area contributed by atoms with Gasteiger partial charge in [0, 0.05) is 31.9 Å². The van der Waals surface area contributed by atoms with Crippen molar-refractivity contribution in [3.63, 3.8) is 0 Å². The van der Waals surface area contributed by atoms with E-state index in [0.29, 0.717) is 17.7 Å². The Bertz CT molecular complexity index is 1770. The number of benzene rings is 3. The number of amides is 2. The molecule has 0 aliphatic carbocycles. The van der Waals surface area contributed by atoms with Crippen LogP contribution >= 0.6 is 0 Å². The SMILES string of the molecule is CC.CC.COc1ccc(CN(C)C(=O)c2c(N(C=O)c3cccc(C(=O)O)c3)c(C)c(=O)n(C)c2Nc2ccc(C)cc2F)cc1. The molecule has 0 saturated heterocycles. The summed E-state index contributed by atoms with van der Waals surface area (Å²) in [5, 5.41) is 12.4. The van der Waals surface area contributed by atoms with Crippen molar-refractivity contribution in [2.75, 3.05) is 24.4 Å². The molecule has 2 N–H and O–H groups in total. The predicted molar refractivity (Wildman–Crippen MR) is 184 cm³/mol. The number of carbonyl (C=O) groups excluding carboxylic acids is 2. The van der Waals surface area contributed by atoms with Crippen molar-refractivity contribution in [1.82, 2.24) is 9.47 Å². The summed E-state index contributed by atoms with van der Waals surface area (Å²) in [6.07, 6.45) is 0.402. The fourth-order valence-corrected chi connectivity index (χ4v) is 4.72. The molecule has 0 fully saturated rings. The van der Waals surface area contributed by atoms with Crippen molar-refractivity contribution < 1.29 is 28.6 Å². The molecule has 0 spiro atoms. The Morgan fingerprint density at radius 1 is 1.00 bits per heavy atom. The summed E-state index contributed by atoms with van der Waals surface area (Å²) < 4.78 is 21.4. The third-order valence-corrected chi connectivity index (χ3v) is 7.02. The summed E-state index contributed by atoms with van der Waals surface area (Å²) in [6, 6.07) is 17.1. The molecule has 3 aromatic carbocycles. The second-order valence-electron chi connectivity index (χ2n) is 10.0. The molecule has 1 heterocycles. The van der Waals surface area contributed by atoms with Crippen LogP contribution in [0.4, 0.5) is 27.3 Å². The first kappa shape index (κ1) is 37.7. The topological polar surface area (TPSA) is 121 Å². The number of aryl methyl sites for hydroxylation is 1. The van der Waals surface area contributed by atoms with Crippen LogP contribution in [0.1, 0.15) is 65.1 Å². The number of carboxylic acids is 1. The van der Waals surface area contributed by atoms with Gasteiger partial charge in [-0.3, -0.25) is 23.9 Å². The van der Waals surface area contributed by atoms with Crippen LogP contribution in [0.2, 0.25) is 0 Å². The van der Waals surface area contributed by atoms with E-state index in [2.05, 4.69) is 5.32 Å². The third kappa shape index (κ3) is 8.63. The van der Waals surface area contributed by atoms with Crippen molar-refractivity contribution in [1.29, 1.82) is 0 Å². The van der Waals surface area contributed by atoms with Crippen LogP contribution in [0.3, 0.4) is 0 Å². The second kappa shape index (κ2) is 17.3. The molecule has 2 amide bonds. The van der Waals surface area contributed by atoms with Crippen LogP contribution in [-0.4, -0.2) is 47.0 Å². The van der Waals surface area contributed by atoms with E-state index in [0.717, 1.165) is 10.5 Å². The molecule has 0 aliphatic rings. The van der Waals surface area contributed by atoms with E-state index in [9.17, 15) is 24.3 Å². The molecule has 10 nitrogen and oxygen atoms in total. The molecule has 0 aliphatic heterocycles. The lowest BCUT2D eigenvalue weighted by atomic mass is 10.0. The Balaban J connectivity index is 0.00000185. The summed E-state index contributed by atoms with van der Waals surface area (Å²) in [6.45, 7) is 11.3. The Morgan fingerprint density at radius 3 is 2.19 bits per heavy atom. The fraction of sp³-hybridized carbons (Fsp3) is 0.278. The van der Waals surface area contributed by atoms with Crippen molar-refractivity contribution in [2.24, 2.45) is 7.05 Å². The number of ether oxygens (including phenoxy) is 1. The number of nitrogens with zero attached hydrogens (tertiary/aromatic N) is 3. The molecule has 0 atom stereocenters. The van der Waals surface area contributed by atoms with E-state index >= 15 is 4.39 Å². The summed E-state index contributed by atoms with van der Waals surface area (Å²) >= 11 is 0. The molecule has 0 unspecified atom stereocenters. The molecule has 47 heavy (non-hydrogen) atoms. The molecule has 0 bridgehead atoms. The number of carboxylic acid groups (broad SMARTS) is 1. The van der Waals surface area contributed by atoms with Crippen LogP contribution in [0, 0.1) is 19.7 Å². The van der Waals surface area contributed by atoms with Gasteiger partial charge in [-0.2, -0.15) is 0 Å². The summed E-state index contributed by atoms with van der Waals surface area (Å²) in [5.41, 5.74) is 0.800. The molecule has 250 valence electrons. The van der Waals surface area contributed by atoms with Crippen LogP contribution in [0.5, 0.6) is 5.75 Å². The minimum Gasteiger partial charge on any atom is -0.497 e. The average molecular weight is 647 g/mol. The van der Waals surface area contributed by atoms with Gasteiger partial charge in [-0.05, 0) is 67.4 Å². The monoisotopic (exact) mass is 646 g/mol. The second-order valence-corrected chi connectivity index (χ2v) is 10.0. The van der Waals surface area contributed by atoms with Crippen molar-refractivity contribution in [2.45, 2.75) is 48.1 Å². The number of nitrogens with one attached hydrogen (secondary N) is 1. The van der Waals surface area contributed by atoms with Gasteiger partial charge in [0.05, 0.1) is 24.0 Å². The molecule has 4 rings (SSSR count). The number of methoxy groups -OCH3 is 1. The third-order valence-electron chi connectivity index (χ3n) is 7.02. The maximum absolute atomic E-state index is 15.0. The predicted octanol–water partition coefficient (Wildman–Crippen LogP) is 7.21. The molecular formula is C36H43FN4O6. The first-order valence-electron chi connectivity index (χ1n) is 15.2. The van der Waals surface area contributed by atoms with E-state index in [1.54, 1.807) is 51.4 Å². The first-order chi connectivity index (χ1) is 22.5. The van der Waals surface area contributed by atoms with Gasteiger partial charge in [-0.15, -0.1) is 0 Å². The van der Waals surface area contributed by atoms with Gasteiger partial charge in [-0.1, -0.05) is 52.0 Å². The zero-order valence-corrected chi connectivity index (χ0v) is 28.3. The first-order valence-corrected chi connectivity index (χ1v) is 15.2. The Labute approximate surface area is 275 Å². The number of pyridine rings is 1. The maximum atomic E-state index is 15.0. The fourth-order valence-electron chi connectivity index (χ4n) is 4.72. The minimum atomic E-state index is -1.22. The normalized spacial score (nSPS) is 10.0. The van der Waals surface area contributed by atoms with Crippen LogP contribution in [0.15, 0.2) is 71.5 Å². The number of rotatable bonds is 10. The summed E-state index contributed by atoms with van der Waals surface area (Å²) in [7, 11) is 4.54. The lowest BCUT2D eigenvalue weighted by molar-refractivity contribution is -0.106. The van der Waals surface area contributed by atoms with Crippen LogP contribution < -0.4 is 20.5 Å². The smallest absolute Gasteiger partial charge is 0.335 e. The standard InChI is InChI=1S/C32H31FN4O6.2C2H6/c1-19-9-14-26(25(33)15-19)34-29-27(31(40)35(3)17-21-10-12-24(43-5)13-11-21)28(20(2)30(39)36(29)4)37(18-38)23-8-6-7-22(16-23)32(41)42;2*1-2/h6-16,18,34H,17H2,1-5H3,(H,41,42);2*1-2H3. The van der Waals surface area contributed by atoms with Crippen molar-refractivity contribution in [3.05, 3.63) is 111 Å². The van der Waals surface area contributed by atoms with Gasteiger partial charge in [-0.25, -0.2) is 9.18 Å². The van der Waals surface area contributed by atoms with E-state index in [-0.39, 0.29) is 46.1 Å². The Kier molecular flexibility index (Phi) is 13.9. The lowest BCUT2D eigenvalue weighted by Gasteiger charge is -2.28. The van der Waals surface area contributed by atoms with Crippen molar-refractivity contribution >= 4 is 41.2 Å². The zero-order chi connectivity index (χ0) is 35.4. The van der Waals surface area contributed by atoms with Crippen molar-refractivity contribution in [3.8, 4) is 5.75 Å². The number of halogens is 1. The highest BCUT2D eigenvalue weighted by molar-refractivity contribution is 6.09. The van der Waals surface area contributed by atoms with E-state index in [1.807, 2.05) is 27.7 Å². The van der Waals surface area contributed by atoms with Gasteiger partial charge in [0.15, 0.2) is 0 Å². The highest BCUT2D eigenvalue weighted by atomic mass is 19.1. The molecule has 0 saturated carbocycles. The zero-order valence-electron chi connectivity index (χ0n) is 28.3. The van der Waals surface area contributed by atoms with Gasteiger partial charge < -0.3 is 20.1 Å². The summed E-state index contributed by atoms with van der Waals surface area (Å²) in [5.74, 6) is -1.82. The number of anilines is 4. The van der Waals surface area contributed by atoms with E-state index in [1.165, 1.54) is 59.8 Å². The van der Waals surface area contributed by atoms with Gasteiger partial charge in [0.1, 0.15) is 22.9 Å². The number of aromatic carboxylic acids is 1. The largest absolute Gasteiger partial charge is 0.497 e. The molecule has 11 heteroatoms. The maximum Gasteiger partial charge on any atom is 0.335 e. The highest BCUT2D eigenvalue weighted by Gasteiger charge is 2.30. The highest BCUT2D eigenvalue weighted by Crippen LogP contribution is 2.36. The molecule has 0 radical (unpaired) electrons.